The summed E-state index contributed by atoms with van der Waals surface area (Å²) < 4.78 is 0. The Balaban J connectivity index is 2.67. The fourth-order valence-electron chi connectivity index (χ4n) is 2.60. The van der Waals surface area contributed by atoms with Crippen LogP contribution in [-0.2, 0) is 19.2 Å². The number of rotatable bonds is 11. The molecule has 0 aromatic heterocycles. The molecule has 12 nitrogen and oxygen atoms in total. The molecule has 0 aliphatic carbocycles. The number of carbonyl (C=O) groups is 4. The van der Waals surface area contributed by atoms with Gasteiger partial charge in [0.05, 0.1) is 12.5 Å². The fraction of sp³-hybridized carbons (Fsp3) is 0.667. The third kappa shape index (κ3) is 8.35. The number of nitrogens with two attached hydrogens (primary N) is 2. The van der Waals surface area contributed by atoms with Gasteiger partial charge in [0.15, 0.2) is 5.96 Å². The molecule has 3 atom stereocenters. The van der Waals surface area contributed by atoms with Crippen molar-refractivity contribution in [2.24, 2.45) is 16.5 Å². The molecule has 1 aliphatic rings. The molecule has 0 spiro atoms. The van der Waals surface area contributed by atoms with E-state index in [0.29, 0.717) is 13.0 Å². The number of hydrogen-bond acceptors (Lipinski definition) is 6. The van der Waals surface area contributed by atoms with Crippen LogP contribution >= 0.6 is 0 Å². The summed E-state index contributed by atoms with van der Waals surface area (Å²) in [5, 5.41) is 25.8. The zero-order valence-corrected chi connectivity index (χ0v) is 14.8. The van der Waals surface area contributed by atoms with Crippen LogP contribution in [0.3, 0.4) is 0 Å². The van der Waals surface area contributed by atoms with Crippen LogP contribution in [0.25, 0.3) is 0 Å². The Morgan fingerprint density at radius 1 is 1.15 bits per heavy atom. The van der Waals surface area contributed by atoms with Gasteiger partial charge in [-0.15, -0.1) is 0 Å². The maximum absolute atomic E-state index is 12.3. The van der Waals surface area contributed by atoms with Crippen LogP contribution in [0.5, 0.6) is 0 Å². The standard InChI is InChI=1S/C15H26N6O6/c16-15(17)19-6-2-4-9(14(26)27)20-13(25)10(7-11(22)23)21-12(24)8-3-1-5-18-8/h8-10,18H,1-7H2,(H,20,25)(H,21,24)(H,22,23)(H,26,27)(H4,16,17,19)/t8-,9-,10-/m0/s1. The Kier molecular flexibility index (Phi) is 8.99. The number of hydrogen-bond donors (Lipinski definition) is 7. The van der Waals surface area contributed by atoms with Gasteiger partial charge < -0.3 is 37.6 Å². The molecule has 1 rings (SSSR count). The Morgan fingerprint density at radius 2 is 1.85 bits per heavy atom. The first kappa shape index (κ1) is 22.2. The molecule has 1 aliphatic heterocycles. The average molecular weight is 386 g/mol. The zero-order chi connectivity index (χ0) is 20.4. The molecular weight excluding hydrogens is 360 g/mol. The van der Waals surface area contributed by atoms with Gasteiger partial charge in [-0.1, -0.05) is 0 Å². The van der Waals surface area contributed by atoms with Crippen molar-refractivity contribution >= 4 is 29.7 Å². The monoisotopic (exact) mass is 386 g/mol. The Bertz CT molecular complexity index is 585. The molecule has 12 heteroatoms. The van der Waals surface area contributed by atoms with Crippen LogP contribution in [0, 0.1) is 0 Å². The first-order valence-corrected chi connectivity index (χ1v) is 8.54. The van der Waals surface area contributed by atoms with Gasteiger partial charge in [-0.25, -0.2) is 4.79 Å². The summed E-state index contributed by atoms with van der Waals surface area (Å²) in [4.78, 5) is 50.5. The SMILES string of the molecule is NC(N)=NCCC[C@H](NC(=O)[C@H](CC(=O)O)NC(=O)[C@@H]1CCCN1)C(=O)O. The van der Waals surface area contributed by atoms with Gasteiger partial charge in [0.1, 0.15) is 12.1 Å². The van der Waals surface area contributed by atoms with Crippen molar-refractivity contribution in [2.75, 3.05) is 13.1 Å². The highest BCUT2D eigenvalue weighted by molar-refractivity contribution is 5.94. The number of carbonyl (C=O) groups excluding carboxylic acids is 2. The molecule has 9 N–H and O–H groups in total. The second-order valence-corrected chi connectivity index (χ2v) is 6.16. The number of carboxylic acids is 2. The fourth-order valence-corrected chi connectivity index (χ4v) is 2.60. The van der Waals surface area contributed by atoms with E-state index in [9.17, 15) is 24.3 Å². The van der Waals surface area contributed by atoms with E-state index >= 15 is 0 Å². The molecule has 2 amide bonds. The number of nitrogens with one attached hydrogen (secondary N) is 3. The number of aliphatic carboxylic acids is 2. The van der Waals surface area contributed by atoms with Crippen LogP contribution in [0.4, 0.5) is 0 Å². The highest BCUT2D eigenvalue weighted by atomic mass is 16.4. The highest BCUT2D eigenvalue weighted by Gasteiger charge is 2.31. The summed E-state index contributed by atoms with van der Waals surface area (Å²) in [5.74, 6) is -4.08. The van der Waals surface area contributed by atoms with Gasteiger partial charge >= 0.3 is 11.9 Å². The summed E-state index contributed by atoms with van der Waals surface area (Å²) in [6.07, 6.45) is 1.04. The van der Waals surface area contributed by atoms with E-state index in [4.69, 9.17) is 16.6 Å². The average Bonchev–Trinajstić information content (AvgIpc) is 3.10. The van der Waals surface area contributed by atoms with Crippen LogP contribution in [0.1, 0.15) is 32.1 Å². The predicted octanol–water partition coefficient (Wildman–Crippen LogP) is -2.68. The minimum absolute atomic E-state index is 0.0375. The van der Waals surface area contributed by atoms with Crippen molar-refractivity contribution in [3.05, 3.63) is 0 Å². The first-order chi connectivity index (χ1) is 12.7. The largest absolute Gasteiger partial charge is 0.481 e. The van der Waals surface area contributed by atoms with Gasteiger partial charge in [0.25, 0.3) is 0 Å². The Morgan fingerprint density at radius 3 is 2.37 bits per heavy atom. The lowest BCUT2D eigenvalue weighted by Gasteiger charge is -2.21. The smallest absolute Gasteiger partial charge is 0.326 e. The molecular formula is C15H26N6O6. The Hall–Kier alpha value is -2.89. The third-order valence-electron chi connectivity index (χ3n) is 3.95. The summed E-state index contributed by atoms with van der Waals surface area (Å²) in [5.41, 5.74) is 10.3. The second kappa shape index (κ2) is 11.0. The van der Waals surface area contributed by atoms with E-state index < -0.39 is 48.3 Å². The lowest BCUT2D eigenvalue weighted by Crippen LogP contribution is -2.55. The molecule has 152 valence electrons. The topological polar surface area (TPSA) is 209 Å². The quantitative estimate of drug-likeness (QED) is 0.112. The van der Waals surface area contributed by atoms with Gasteiger partial charge in [0.2, 0.25) is 11.8 Å². The van der Waals surface area contributed by atoms with Gasteiger partial charge in [-0.2, -0.15) is 0 Å². The minimum atomic E-state index is -1.38. The van der Waals surface area contributed by atoms with Crippen molar-refractivity contribution < 1.29 is 29.4 Å². The summed E-state index contributed by atoms with van der Waals surface area (Å²) in [7, 11) is 0. The first-order valence-electron chi connectivity index (χ1n) is 8.54. The normalized spacial score (nSPS) is 18.1. The van der Waals surface area contributed by atoms with E-state index in [-0.39, 0.29) is 25.3 Å². The lowest BCUT2D eigenvalue weighted by atomic mass is 10.1. The van der Waals surface area contributed by atoms with E-state index in [2.05, 4.69) is 20.9 Å². The van der Waals surface area contributed by atoms with Crippen LogP contribution in [0.15, 0.2) is 4.99 Å². The molecule has 1 fully saturated rings. The minimum Gasteiger partial charge on any atom is -0.481 e. The summed E-state index contributed by atoms with van der Waals surface area (Å²) >= 11 is 0. The predicted molar refractivity (Wildman–Crippen MR) is 94.7 cm³/mol. The van der Waals surface area contributed by atoms with Crippen LogP contribution < -0.4 is 27.4 Å². The molecule has 1 saturated heterocycles. The van der Waals surface area contributed by atoms with Gasteiger partial charge in [0, 0.05) is 6.54 Å². The van der Waals surface area contributed by atoms with Gasteiger partial charge in [-0.05, 0) is 32.2 Å². The van der Waals surface area contributed by atoms with E-state index in [0.717, 1.165) is 6.42 Å². The van der Waals surface area contributed by atoms with Gasteiger partial charge in [-0.3, -0.25) is 19.4 Å². The summed E-state index contributed by atoms with van der Waals surface area (Å²) in [6.45, 7) is 0.843. The van der Waals surface area contributed by atoms with Crippen molar-refractivity contribution in [3.8, 4) is 0 Å². The van der Waals surface area contributed by atoms with Crippen molar-refractivity contribution in [2.45, 2.75) is 50.2 Å². The third-order valence-corrected chi connectivity index (χ3v) is 3.95. The Labute approximate surface area is 155 Å². The number of carboxylic acid groups (broad SMARTS) is 2. The number of nitrogens with zero attached hydrogens (tertiary/aromatic N) is 1. The molecule has 0 aromatic carbocycles. The lowest BCUT2D eigenvalue weighted by molar-refractivity contribution is -0.143. The van der Waals surface area contributed by atoms with Crippen LogP contribution in [0.2, 0.25) is 0 Å². The molecule has 27 heavy (non-hydrogen) atoms. The molecule has 0 radical (unpaired) electrons. The van der Waals surface area contributed by atoms with Crippen molar-refractivity contribution in [3.63, 3.8) is 0 Å². The number of amides is 2. The molecule has 0 unspecified atom stereocenters. The molecule has 1 heterocycles. The van der Waals surface area contributed by atoms with Crippen molar-refractivity contribution in [1.82, 2.24) is 16.0 Å². The summed E-state index contributed by atoms with van der Waals surface area (Å²) in [6, 6.07) is -3.13. The van der Waals surface area contributed by atoms with Crippen LogP contribution in [-0.4, -0.2) is 71.1 Å². The van der Waals surface area contributed by atoms with Crippen molar-refractivity contribution in [1.29, 1.82) is 0 Å². The molecule has 0 bridgehead atoms. The molecule has 0 saturated carbocycles. The zero-order valence-electron chi connectivity index (χ0n) is 14.8. The van der Waals surface area contributed by atoms with E-state index in [1.165, 1.54) is 0 Å². The van der Waals surface area contributed by atoms with E-state index in [1.807, 2.05) is 0 Å². The van der Waals surface area contributed by atoms with E-state index in [1.54, 1.807) is 0 Å². The second-order valence-electron chi connectivity index (χ2n) is 6.16. The highest BCUT2D eigenvalue weighted by Crippen LogP contribution is 2.06. The molecule has 0 aromatic rings. The number of guanidine groups is 1. The maximum atomic E-state index is 12.3. The maximum Gasteiger partial charge on any atom is 0.326 e. The number of aliphatic imine (C=N–C) groups is 1.